The predicted octanol–water partition coefficient (Wildman–Crippen LogP) is 0.952. The zero-order chi connectivity index (χ0) is 18.4. The Morgan fingerprint density at radius 3 is 2.58 bits per heavy atom. The first kappa shape index (κ1) is 17.7. The number of nitrogens with zero attached hydrogens (tertiary/aromatic N) is 2. The van der Waals surface area contributed by atoms with Crippen molar-refractivity contribution >= 4 is 23.3 Å². The number of esters is 1. The van der Waals surface area contributed by atoms with E-state index in [2.05, 4.69) is 10.2 Å². The molecular formula is C18H19N3O5. The van der Waals surface area contributed by atoms with Gasteiger partial charge in [0.25, 0.3) is 5.91 Å². The molecule has 0 unspecified atom stereocenters. The van der Waals surface area contributed by atoms with Crippen LogP contribution in [0.4, 0.5) is 11.4 Å². The first-order chi connectivity index (χ1) is 12.6. The third kappa shape index (κ3) is 4.48. The van der Waals surface area contributed by atoms with Gasteiger partial charge in [0, 0.05) is 36.6 Å². The maximum atomic E-state index is 11.9. The lowest BCUT2D eigenvalue weighted by atomic mass is 10.2. The Labute approximate surface area is 150 Å². The molecule has 1 aromatic carbocycles. The summed E-state index contributed by atoms with van der Waals surface area (Å²) in [6.45, 7) is 2.60. The van der Waals surface area contributed by atoms with E-state index in [9.17, 15) is 14.8 Å². The lowest BCUT2D eigenvalue weighted by Gasteiger charge is -2.28. The fourth-order valence-corrected chi connectivity index (χ4v) is 2.57. The number of hydrogen-bond donors (Lipinski definition) is 1. The topological polar surface area (TPSA) is 94.8 Å². The maximum Gasteiger partial charge on any atom is 0.405 e. The van der Waals surface area contributed by atoms with Crippen LogP contribution in [-0.4, -0.2) is 44.8 Å². The third-order valence-corrected chi connectivity index (χ3v) is 3.89. The van der Waals surface area contributed by atoms with Gasteiger partial charge in [-0.3, -0.25) is 4.79 Å². The normalized spacial score (nSPS) is 13.9. The number of amides is 1. The van der Waals surface area contributed by atoms with Crippen LogP contribution in [-0.2, 0) is 14.3 Å². The van der Waals surface area contributed by atoms with E-state index in [1.165, 1.54) is 18.3 Å². The molecule has 0 spiro atoms. The van der Waals surface area contributed by atoms with E-state index >= 15 is 0 Å². The van der Waals surface area contributed by atoms with Gasteiger partial charge in [-0.15, -0.1) is 0 Å². The zero-order valence-corrected chi connectivity index (χ0v) is 14.1. The van der Waals surface area contributed by atoms with Crippen molar-refractivity contribution in [1.82, 2.24) is 0 Å². The molecule has 1 amide bonds. The molecule has 1 aliphatic heterocycles. The Hall–Kier alpha value is -3.13. The number of carbonyl (C=O) groups excluding carboxylic acids is 2. The van der Waals surface area contributed by atoms with Crippen LogP contribution < -0.4 is 14.9 Å². The minimum absolute atomic E-state index is 0.171. The average molecular weight is 357 g/mol. The Morgan fingerprint density at radius 2 is 1.88 bits per heavy atom. The molecule has 1 aliphatic rings. The van der Waals surface area contributed by atoms with Crippen molar-refractivity contribution in [1.29, 1.82) is 0 Å². The summed E-state index contributed by atoms with van der Waals surface area (Å²) in [5, 5.41) is 14.1. The van der Waals surface area contributed by atoms with Crippen molar-refractivity contribution in [2.75, 3.05) is 43.1 Å². The summed E-state index contributed by atoms with van der Waals surface area (Å²) in [7, 11) is 0. The van der Waals surface area contributed by atoms with Gasteiger partial charge in [-0.05, 0) is 30.3 Å². The third-order valence-electron chi connectivity index (χ3n) is 3.89. The molecule has 1 N–H and O–H groups in total. The van der Waals surface area contributed by atoms with Gasteiger partial charge >= 0.3 is 11.7 Å². The first-order valence-corrected chi connectivity index (χ1v) is 8.21. The highest BCUT2D eigenvalue weighted by Crippen LogP contribution is 2.19. The molecular weight excluding hydrogens is 338 g/mol. The zero-order valence-electron chi connectivity index (χ0n) is 14.1. The van der Waals surface area contributed by atoms with Crippen molar-refractivity contribution in [2.45, 2.75) is 0 Å². The quantitative estimate of drug-likeness (QED) is 0.486. The van der Waals surface area contributed by atoms with Gasteiger partial charge in [-0.2, -0.15) is 4.73 Å². The number of pyridine rings is 1. The van der Waals surface area contributed by atoms with E-state index in [1.54, 1.807) is 18.2 Å². The van der Waals surface area contributed by atoms with Crippen LogP contribution in [0.5, 0.6) is 0 Å². The Morgan fingerprint density at radius 1 is 1.15 bits per heavy atom. The van der Waals surface area contributed by atoms with E-state index in [1.807, 2.05) is 12.1 Å². The van der Waals surface area contributed by atoms with Gasteiger partial charge < -0.3 is 24.9 Å². The summed E-state index contributed by atoms with van der Waals surface area (Å²) in [5.74, 6) is -1.33. The van der Waals surface area contributed by atoms with E-state index in [-0.39, 0.29) is 5.69 Å². The van der Waals surface area contributed by atoms with Crippen LogP contribution in [0.25, 0.3) is 0 Å². The monoisotopic (exact) mass is 357 g/mol. The molecule has 8 nitrogen and oxygen atoms in total. The molecule has 0 bridgehead atoms. The van der Waals surface area contributed by atoms with Crippen LogP contribution in [0.15, 0.2) is 48.7 Å². The lowest BCUT2D eigenvalue weighted by Crippen LogP contribution is -2.36. The smallest absolute Gasteiger partial charge is 0.405 e. The van der Waals surface area contributed by atoms with Crippen molar-refractivity contribution < 1.29 is 23.8 Å². The summed E-state index contributed by atoms with van der Waals surface area (Å²) in [5.41, 5.74) is 1.48. The van der Waals surface area contributed by atoms with Crippen molar-refractivity contribution in [3.8, 4) is 0 Å². The van der Waals surface area contributed by atoms with Crippen LogP contribution >= 0.6 is 0 Å². The number of morpholine rings is 1. The predicted molar refractivity (Wildman–Crippen MR) is 93.8 cm³/mol. The number of carbonyl (C=O) groups is 2. The maximum absolute atomic E-state index is 11.9. The highest BCUT2D eigenvalue weighted by molar-refractivity contribution is 5.94. The van der Waals surface area contributed by atoms with Crippen LogP contribution in [0, 0.1) is 5.21 Å². The number of benzene rings is 1. The number of rotatable bonds is 5. The number of anilines is 2. The molecule has 1 saturated heterocycles. The summed E-state index contributed by atoms with van der Waals surface area (Å²) in [6, 6.07) is 11.8. The second-order valence-corrected chi connectivity index (χ2v) is 5.68. The number of aromatic nitrogens is 1. The Kier molecular flexibility index (Phi) is 5.65. The van der Waals surface area contributed by atoms with Gasteiger partial charge in [0.2, 0.25) is 0 Å². The van der Waals surface area contributed by atoms with E-state index in [0.717, 1.165) is 18.8 Å². The molecule has 0 aliphatic carbocycles. The summed E-state index contributed by atoms with van der Waals surface area (Å²) < 4.78 is 10.6. The van der Waals surface area contributed by atoms with Gasteiger partial charge in [0.05, 0.1) is 13.2 Å². The highest BCUT2D eigenvalue weighted by atomic mass is 16.5. The minimum atomic E-state index is -0.849. The Bertz CT molecular complexity index is 773. The molecule has 1 fully saturated rings. The van der Waals surface area contributed by atoms with Crippen LogP contribution in [0.2, 0.25) is 0 Å². The fourth-order valence-electron chi connectivity index (χ4n) is 2.57. The second kappa shape index (κ2) is 8.30. The van der Waals surface area contributed by atoms with Crippen molar-refractivity contribution in [3.05, 3.63) is 59.6 Å². The summed E-state index contributed by atoms with van der Waals surface area (Å²) in [6.07, 6.45) is 1.19. The number of nitrogens with one attached hydrogen (secondary N) is 1. The van der Waals surface area contributed by atoms with Gasteiger partial charge in [-0.25, -0.2) is 4.79 Å². The molecule has 8 heteroatoms. The second-order valence-electron chi connectivity index (χ2n) is 5.68. The van der Waals surface area contributed by atoms with Crippen LogP contribution in [0.3, 0.4) is 0 Å². The van der Waals surface area contributed by atoms with Gasteiger partial charge in [-0.1, -0.05) is 0 Å². The molecule has 0 atom stereocenters. The van der Waals surface area contributed by atoms with Crippen molar-refractivity contribution in [2.24, 2.45) is 0 Å². The van der Waals surface area contributed by atoms with E-state index in [4.69, 9.17) is 9.47 Å². The molecule has 2 heterocycles. The standard InChI is InChI=1S/C18H19N3O5/c22-17(13-26-18(23)16-3-1-2-8-21(16)24)19-14-4-6-15(7-5-14)20-9-11-25-12-10-20/h1-8H,9-13H2,(H,19,22). The SMILES string of the molecule is O=C(COC(=O)c1cccc[n+]1[O-])Nc1ccc(N2CCOCC2)cc1. The molecule has 2 aromatic rings. The number of ether oxygens (including phenoxy) is 2. The molecule has 0 saturated carbocycles. The molecule has 26 heavy (non-hydrogen) atoms. The van der Waals surface area contributed by atoms with Crippen LogP contribution in [0.1, 0.15) is 10.5 Å². The van der Waals surface area contributed by atoms with E-state index in [0.29, 0.717) is 23.6 Å². The van der Waals surface area contributed by atoms with Gasteiger partial charge in [0.1, 0.15) is 0 Å². The Balaban J connectivity index is 1.50. The lowest BCUT2D eigenvalue weighted by molar-refractivity contribution is -0.608. The van der Waals surface area contributed by atoms with Crippen molar-refractivity contribution in [3.63, 3.8) is 0 Å². The average Bonchev–Trinajstić information content (AvgIpc) is 2.68. The largest absolute Gasteiger partial charge is 0.618 e. The molecule has 1 aromatic heterocycles. The summed E-state index contributed by atoms with van der Waals surface area (Å²) in [4.78, 5) is 25.9. The molecule has 0 radical (unpaired) electrons. The van der Waals surface area contributed by atoms with Gasteiger partial charge in [0.15, 0.2) is 12.8 Å². The molecule has 136 valence electrons. The number of hydrogen-bond acceptors (Lipinski definition) is 6. The summed E-state index contributed by atoms with van der Waals surface area (Å²) >= 11 is 0. The fraction of sp³-hybridized carbons (Fsp3) is 0.278. The highest BCUT2D eigenvalue weighted by Gasteiger charge is 2.18. The first-order valence-electron chi connectivity index (χ1n) is 8.21. The molecule has 3 rings (SSSR count). The minimum Gasteiger partial charge on any atom is -0.618 e. The van der Waals surface area contributed by atoms with E-state index < -0.39 is 18.5 Å².